The topological polar surface area (TPSA) is 84.1 Å². The van der Waals surface area contributed by atoms with Gasteiger partial charge in [0.15, 0.2) is 0 Å². The fourth-order valence-electron chi connectivity index (χ4n) is 3.44. The molecule has 0 spiro atoms. The third-order valence-electron chi connectivity index (χ3n) is 4.99. The fraction of sp³-hybridized carbons (Fsp3) is 0.250. The van der Waals surface area contributed by atoms with E-state index in [1.165, 1.54) is 0 Å². The molecular formula is C20H20BrN5O. The van der Waals surface area contributed by atoms with Crippen LogP contribution in [0.2, 0.25) is 0 Å². The van der Waals surface area contributed by atoms with E-state index in [2.05, 4.69) is 48.2 Å². The summed E-state index contributed by atoms with van der Waals surface area (Å²) in [5.41, 5.74) is 8.42. The first-order valence-corrected chi connectivity index (χ1v) is 9.71. The van der Waals surface area contributed by atoms with Crippen LogP contribution < -0.4 is 16.0 Å². The van der Waals surface area contributed by atoms with E-state index in [0.717, 1.165) is 58.5 Å². The number of carbonyl (C=O) groups is 1. The number of benzene rings is 2. The van der Waals surface area contributed by atoms with Crippen molar-refractivity contribution < 1.29 is 4.79 Å². The standard InChI is InChI=1S/C20H20BrN5O/c21-14-1-6-18-17(11-14)20(24-12-23-18)25-15-2-4-16(5-3-15)26-9-7-13(8-10-26)19(22)27/h1-6,11-13H,7-10H2,(H2,22,27)(H,23,24,25). The molecule has 3 aromatic rings. The SMILES string of the molecule is NC(=O)C1CCN(c2ccc(Nc3ncnc4ccc(Br)cc34)cc2)CC1. The van der Waals surface area contributed by atoms with Gasteiger partial charge in [0.2, 0.25) is 5.91 Å². The number of nitrogens with two attached hydrogens (primary N) is 1. The molecule has 2 heterocycles. The highest BCUT2D eigenvalue weighted by Crippen LogP contribution is 2.28. The predicted octanol–water partition coefficient (Wildman–Crippen LogP) is 3.84. The monoisotopic (exact) mass is 425 g/mol. The number of hydrogen-bond donors (Lipinski definition) is 2. The van der Waals surface area contributed by atoms with Crippen LogP contribution in [0.25, 0.3) is 10.9 Å². The molecule has 1 aromatic heterocycles. The van der Waals surface area contributed by atoms with Crippen molar-refractivity contribution in [3.05, 3.63) is 53.3 Å². The molecule has 1 aliphatic heterocycles. The number of carbonyl (C=O) groups excluding carboxylic acids is 1. The Kier molecular flexibility index (Phi) is 4.94. The maximum atomic E-state index is 11.3. The van der Waals surface area contributed by atoms with Crippen molar-refractivity contribution >= 4 is 49.9 Å². The Hall–Kier alpha value is -2.67. The number of halogens is 1. The fourth-order valence-corrected chi connectivity index (χ4v) is 3.80. The molecule has 0 bridgehead atoms. The molecule has 0 saturated carbocycles. The Balaban J connectivity index is 1.49. The van der Waals surface area contributed by atoms with Gasteiger partial charge in [-0.2, -0.15) is 0 Å². The normalized spacial score (nSPS) is 15.1. The van der Waals surface area contributed by atoms with E-state index in [0.29, 0.717) is 0 Å². The zero-order valence-electron chi connectivity index (χ0n) is 14.7. The van der Waals surface area contributed by atoms with Crippen LogP contribution >= 0.6 is 15.9 Å². The second-order valence-electron chi connectivity index (χ2n) is 6.72. The molecule has 1 saturated heterocycles. The average molecular weight is 426 g/mol. The highest BCUT2D eigenvalue weighted by atomic mass is 79.9. The van der Waals surface area contributed by atoms with Crippen LogP contribution in [-0.2, 0) is 4.79 Å². The van der Waals surface area contributed by atoms with Crippen LogP contribution in [0.3, 0.4) is 0 Å². The number of nitrogens with one attached hydrogen (secondary N) is 1. The third kappa shape index (κ3) is 3.88. The van der Waals surface area contributed by atoms with Crippen LogP contribution in [0.5, 0.6) is 0 Å². The summed E-state index contributed by atoms with van der Waals surface area (Å²) in [7, 11) is 0. The van der Waals surface area contributed by atoms with Gasteiger partial charge in [0.1, 0.15) is 12.1 Å². The molecule has 0 radical (unpaired) electrons. The van der Waals surface area contributed by atoms with Gasteiger partial charge >= 0.3 is 0 Å². The maximum Gasteiger partial charge on any atom is 0.220 e. The molecule has 6 nitrogen and oxygen atoms in total. The van der Waals surface area contributed by atoms with E-state index < -0.39 is 0 Å². The molecule has 0 aliphatic carbocycles. The molecule has 1 amide bonds. The number of nitrogens with zero attached hydrogens (tertiary/aromatic N) is 3. The molecule has 3 N–H and O–H groups in total. The quantitative estimate of drug-likeness (QED) is 0.663. The van der Waals surface area contributed by atoms with Crippen LogP contribution in [0.15, 0.2) is 53.3 Å². The molecule has 27 heavy (non-hydrogen) atoms. The highest BCUT2D eigenvalue weighted by molar-refractivity contribution is 9.10. The average Bonchev–Trinajstić information content (AvgIpc) is 2.69. The first-order valence-electron chi connectivity index (χ1n) is 8.92. The Labute approximate surface area is 165 Å². The first-order chi connectivity index (χ1) is 13.1. The predicted molar refractivity (Wildman–Crippen MR) is 111 cm³/mol. The molecule has 0 atom stereocenters. The lowest BCUT2D eigenvalue weighted by Gasteiger charge is -2.32. The molecule has 7 heteroatoms. The van der Waals surface area contributed by atoms with E-state index >= 15 is 0 Å². The number of primary amides is 1. The van der Waals surface area contributed by atoms with Gasteiger partial charge in [-0.05, 0) is 55.3 Å². The smallest absolute Gasteiger partial charge is 0.220 e. The maximum absolute atomic E-state index is 11.3. The zero-order chi connectivity index (χ0) is 18.8. The minimum Gasteiger partial charge on any atom is -0.371 e. The van der Waals surface area contributed by atoms with E-state index in [4.69, 9.17) is 5.73 Å². The minimum absolute atomic E-state index is 0.00700. The molecule has 0 unspecified atom stereocenters. The Bertz CT molecular complexity index is 968. The van der Waals surface area contributed by atoms with Gasteiger partial charge in [0.25, 0.3) is 0 Å². The van der Waals surface area contributed by atoms with Gasteiger partial charge in [-0.1, -0.05) is 15.9 Å². The van der Waals surface area contributed by atoms with Gasteiger partial charge in [0.05, 0.1) is 5.52 Å². The van der Waals surface area contributed by atoms with Gasteiger partial charge in [-0.3, -0.25) is 4.79 Å². The van der Waals surface area contributed by atoms with Crippen molar-refractivity contribution in [2.75, 3.05) is 23.3 Å². The van der Waals surface area contributed by atoms with Crippen molar-refractivity contribution in [3.8, 4) is 0 Å². The summed E-state index contributed by atoms with van der Waals surface area (Å²) in [6.07, 6.45) is 3.20. The summed E-state index contributed by atoms with van der Waals surface area (Å²) >= 11 is 3.50. The lowest BCUT2D eigenvalue weighted by Crippen LogP contribution is -2.38. The van der Waals surface area contributed by atoms with Gasteiger partial charge in [0, 0.05) is 40.2 Å². The van der Waals surface area contributed by atoms with Crippen molar-refractivity contribution in [1.82, 2.24) is 9.97 Å². The summed E-state index contributed by atoms with van der Waals surface area (Å²) in [5.74, 6) is 0.599. The van der Waals surface area contributed by atoms with E-state index in [1.54, 1.807) is 6.33 Å². The third-order valence-corrected chi connectivity index (χ3v) is 5.48. The van der Waals surface area contributed by atoms with Gasteiger partial charge < -0.3 is 16.0 Å². The summed E-state index contributed by atoms with van der Waals surface area (Å²) in [6.45, 7) is 1.70. The Morgan fingerprint density at radius 1 is 1.11 bits per heavy atom. The second-order valence-corrected chi connectivity index (χ2v) is 7.63. The number of aromatic nitrogens is 2. The molecule has 138 valence electrons. The molecule has 1 aliphatic rings. The lowest BCUT2D eigenvalue weighted by molar-refractivity contribution is -0.122. The van der Waals surface area contributed by atoms with Crippen molar-refractivity contribution in [3.63, 3.8) is 0 Å². The number of fused-ring (bicyclic) bond motifs is 1. The lowest BCUT2D eigenvalue weighted by atomic mass is 9.96. The summed E-state index contributed by atoms with van der Waals surface area (Å²) in [6, 6.07) is 14.2. The number of hydrogen-bond acceptors (Lipinski definition) is 5. The largest absolute Gasteiger partial charge is 0.371 e. The molecule has 4 rings (SSSR count). The van der Waals surface area contributed by atoms with Crippen LogP contribution in [0.1, 0.15) is 12.8 Å². The van der Waals surface area contributed by atoms with Crippen LogP contribution in [0.4, 0.5) is 17.2 Å². The van der Waals surface area contributed by atoms with Crippen LogP contribution in [0, 0.1) is 5.92 Å². The van der Waals surface area contributed by atoms with E-state index in [-0.39, 0.29) is 11.8 Å². The highest BCUT2D eigenvalue weighted by Gasteiger charge is 2.23. The van der Waals surface area contributed by atoms with Crippen molar-refractivity contribution in [2.45, 2.75) is 12.8 Å². The van der Waals surface area contributed by atoms with Gasteiger partial charge in [-0.15, -0.1) is 0 Å². The summed E-state index contributed by atoms with van der Waals surface area (Å²) in [4.78, 5) is 22.3. The Morgan fingerprint density at radius 3 is 2.56 bits per heavy atom. The number of anilines is 3. The van der Waals surface area contributed by atoms with Gasteiger partial charge in [-0.25, -0.2) is 9.97 Å². The first kappa shape index (κ1) is 17.7. The van der Waals surface area contributed by atoms with Crippen molar-refractivity contribution in [2.24, 2.45) is 11.7 Å². The molecule has 2 aromatic carbocycles. The number of rotatable bonds is 4. The van der Waals surface area contributed by atoms with Crippen LogP contribution in [-0.4, -0.2) is 29.0 Å². The second kappa shape index (κ2) is 7.52. The zero-order valence-corrected chi connectivity index (χ0v) is 16.3. The Morgan fingerprint density at radius 2 is 1.85 bits per heavy atom. The van der Waals surface area contributed by atoms with Crippen molar-refractivity contribution in [1.29, 1.82) is 0 Å². The molecule has 1 fully saturated rings. The van der Waals surface area contributed by atoms with E-state index in [1.807, 2.05) is 30.3 Å². The summed E-state index contributed by atoms with van der Waals surface area (Å²) in [5, 5.41) is 4.34. The summed E-state index contributed by atoms with van der Waals surface area (Å²) < 4.78 is 0.988. The van der Waals surface area contributed by atoms with E-state index in [9.17, 15) is 4.79 Å². The number of amides is 1. The number of piperidine rings is 1. The minimum atomic E-state index is -0.182. The molecular weight excluding hydrogens is 406 g/mol.